The first-order valence-corrected chi connectivity index (χ1v) is 13.1. The third-order valence-electron chi connectivity index (χ3n) is 6.89. The van der Waals surface area contributed by atoms with Crippen LogP contribution in [-0.4, -0.2) is 9.97 Å². The van der Waals surface area contributed by atoms with Gasteiger partial charge in [-0.3, -0.25) is 9.97 Å². The van der Waals surface area contributed by atoms with Gasteiger partial charge in [0.25, 0.3) is 0 Å². The van der Waals surface area contributed by atoms with Crippen molar-refractivity contribution in [3.05, 3.63) is 164 Å². The van der Waals surface area contributed by atoms with Gasteiger partial charge in [-0.25, -0.2) is 13.7 Å². The van der Waals surface area contributed by atoms with Crippen LogP contribution in [0.25, 0.3) is 22.3 Å². The molecule has 0 aliphatic heterocycles. The van der Waals surface area contributed by atoms with Crippen LogP contribution in [0.4, 0.5) is 0 Å². The van der Waals surface area contributed by atoms with Crippen LogP contribution in [0.2, 0.25) is 0 Å². The first-order valence-electron chi connectivity index (χ1n) is 13.1. The summed E-state index contributed by atoms with van der Waals surface area (Å²) in [6.07, 6.45) is 20.2. The van der Waals surface area contributed by atoms with Crippen molar-refractivity contribution >= 4 is 0 Å². The standard InChI is InChI=1S/C34H30N5/c1-3-29(4-2-28(1)25-37-19-9-32(10-20-37)31-7-17-36-18-8-31)26-38-21-11-33(12-22-38)34-13-23-39(24-14-34)27-30-5-15-35-16-6-30/h1-24H,25-27H2/q+3. The molecular weight excluding hydrogens is 478 g/mol. The molecule has 5 heterocycles. The molecule has 0 atom stereocenters. The van der Waals surface area contributed by atoms with Gasteiger partial charge in [-0.15, -0.1) is 0 Å². The summed E-state index contributed by atoms with van der Waals surface area (Å²) >= 11 is 0. The molecule has 5 aromatic heterocycles. The molecule has 0 aliphatic carbocycles. The summed E-state index contributed by atoms with van der Waals surface area (Å²) in [5.41, 5.74) is 8.61. The zero-order valence-electron chi connectivity index (χ0n) is 21.7. The molecule has 39 heavy (non-hydrogen) atoms. The van der Waals surface area contributed by atoms with Gasteiger partial charge in [-0.1, -0.05) is 24.3 Å². The van der Waals surface area contributed by atoms with E-state index < -0.39 is 0 Å². The normalized spacial score (nSPS) is 10.9. The Hall–Kier alpha value is -5.03. The SMILES string of the molecule is c1cc(C[n+]2ccc(-c3cc[n+](Cc4ccc(C[n+]5ccc(-c6ccncc6)cc5)cc4)cc3)cc2)ccn1. The summed E-state index contributed by atoms with van der Waals surface area (Å²) in [5.74, 6) is 0. The summed E-state index contributed by atoms with van der Waals surface area (Å²) < 4.78 is 6.61. The van der Waals surface area contributed by atoms with Gasteiger partial charge in [0, 0.05) is 77.9 Å². The van der Waals surface area contributed by atoms with E-state index in [-0.39, 0.29) is 0 Å². The molecule has 0 aliphatic rings. The van der Waals surface area contributed by atoms with Crippen LogP contribution >= 0.6 is 0 Å². The molecule has 0 saturated carbocycles. The maximum absolute atomic E-state index is 4.10. The zero-order valence-corrected chi connectivity index (χ0v) is 21.7. The van der Waals surface area contributed by atoms with E-state index in [1.165, 1.54) is 38.9 Å². The first kappa shape index (κ1) is 24.3. The molecule has 0 amide bonds. The van der Waals surface area contributed by atoms with Gasteiger partial charge >= 0.3 is 0 Å². The second-order valence-electron chi connectivity index (χ2n) is 9.69. The van der Waals surface area contributed by atoms with Crippen LogP contribution in [0.1, 0.15) is 16.7 Å². The van der Waals surface area contributed by atoms with Gasteiger partial charge in [0.2, 0.25) is 0 Å². The number of aromatic nitrogens is 5. The summed E-state index contributed by atoms with van der Waals surface area (Å²) in [5, 5.41) is 0. The zero-order chi connectivity index (χ0) is 26.3. The van der Waals surface area contributed by atoms with Crippen LogP contribution < -0.4 is 13.7 Å². The Balaban J connectivity index is 1.05. The van der Waals surface area contributed by atoms with Crippen LogP contribution in [0, 0.1) is 0 Å². The Kier molecular flexibility index (Phi) is 7.21. The highest BCUT2D eigenvalue weighted by Crippen LogP contribution is 2.17. The Morgan fingerprint density at radius 2 is 0.615 bits per heavy atom. The second-order valence-corrected chi connectivity index (χ2v) is 9.69. The molecule has 0 unspecified atom stereocenters. The Bertz CT molecular complexity index is 1610. The van der Waals surface area contributed by atoms with Crippen LogP contribution in [0.15, 0.2) is 147 Å². The molecule has 0 saturated heterocycles. The highest BCUT2D eigenvalue weighted by molar-refractivity contribution is 5.61. The quantitative estimate of drug-likeness (QED) is 0.277. The van der Waals surface area contributed by atoms with Crippen molar-refractivity contribution in [1.82, 2.24) is 9.97 Å². The van der Waals surface area contributed by atoms with E-state index in [0.29, 0.717) is 0 Å². The third kappa shape index (κ3) is 6.28. The third-order valence-corrected chi connectivity index (χ3v) is 6.89. The van der Waals surface area contributed by atoms with E-state index in [4.69, 9.17) is 0 Å². The Morgan fingerprint density at radius 3 is 0.974 bits per heavy atom. The van der Waals surface area contributed by atoms with Gasteiger partial charge in [-0.2, -0.15) is 0 Å². The number of benzene rings is 1. The van der Waals surface area contributed by atoms with E-state index >= 15 is 0 Å². The molecule has 5 heteroatoms. The minimum absolute atomic E-state index is 0.841. The highest BCUT2D eigenvalue weighted by atomic mass is 14.9. The molecule has 5 nitrogen and oxygen atoms in total. The maximum atomic E-state index is 4.10. The fourth-order valence-corrected chi connectivity index (χ4v) is 4.68. The van der Waals surface area contributed by atoms with E-state index in [1.807, 2.05) is 49.1 Å². The molecule has 6 rings (SSSR count). The number of nitrogens with zero attached hydrogens (tertiary/aromatic N) is 5. The molecule has 0 bridgehead atoms. The minimum atomic E-state index is 0.841. The second kappa shape index (κ2) is 11.6. The van der Waals surface area contributed by atoms with E-state index in [9.17, 15) is 0 Å². The number of hydrogen-bond donors (Lipinski definition) is 0. The molecule has 0 spiro atoms. The van der Waals surface area contributed by atoms with Gasteiger partial charge in [-0.05, 0) is 46.5 Å². The first-order chi connectivity index (χ1) is 19.3. The van der Waals surface area contributed by atoms with Gasteiger partial charge in [0.1, 0.15) is 0 Å². The number of rotatable bonds is 8. The van der Waals surface area contributed by atoms with Gasteiger partial charge in [0.15, 0.2) is 56.8 Å². The van der Waals surface area contributed by atoms with Crippen molar-refractivity contribution in [3.63, 3.8) is 0 Å². The molecule has 6 aromatic rings. The van der Waals surface area contributed by atoms with E-state index in [1.54, 1.807) is 0 Å². The lowest BCUT2D eigenvalue weighted by Crippen LogP contribution is -2.34. The monoisotopic (exact) mass is 508 g/mol. The predicted molar refractivity (Wildman–Crippen MR) is 150 cm³/mol. The van der Waals surface area contributed by atoms with Crippen molar-refractivity contribution in [2.45, 2.75) is 19.6 Å². The van der Waals surface area contributed by atoms with Crippen molar-refractivity contribution < 1.29 is 13.7 Å². The maximum Gasteiger partial charge on any atom is 0.173 e. The molecule has 188 valence electrons. The van der Waals surface area contributed by atoms with Crippen LogP contribution in [0.5, 0.6) is 0 Å². The number of pyridine rings is 5. The fourth-order valence-electron chi connectivity index (χ4n) is 4.68. The van der Waals surface area contributed by atoms with Gasteiger partial charge in [0.05, 0.1) is 0 Å². The van der Waals surface area contributed by atoms with E-state index in [0.717, 1.165) is 19.6 Å². The lowest BCUT2D eigenvalue weighted by Gasteiger charge is -2.04. The van der Waals surface area contributed by atoms with Crippen molar-refractivity contribution in [3.8, 4) is 22.3 Å². The summed E-state index contributed by atoms with van der Waals surface area (Å²) in [4.78, 5) is 8.19. The van der Waals surface area contributed by atoms with Crippen LogP contribution in [-0.2, 0) is 19.6 Å². The minimum Gasteiger partial charge on any atom is -0.265 e. The molecule has 0 N–H and O–H groups in total. The lowest BCUT2D eigenvalue weighted by atomic mass is 10.1. The summed E-state index contributed by atoms with van der Waals surface area (Å²) in [6.45, 7) is 2.53. The molecule has 1 aromatic carbocycles. The predicted octanol–water partition coefficient (Wildman–Crippen LogP) is 4.82. The molecule has 0 radical (unpaired) electrons. The van der Waals surface area contributed by atoms with E-state index in [2.05, 4.69) is 122 Å². The number of hydrogen-bond acceptors (Lipinski definition) is 2. The highest BCUT2D eigenvalue weighted by Gasteiger charge is 2.09. The van der Waals surface area contributed by atoms with Crippen molar-refractivity contribution in [1.29, 1.82) is 0 Å². The van der Waals surface area contributed by atoms with Gasteiger partial charge < -0.3 is 0 Å². The smallest absolute Gasteiger partial charge is 0.173 e. The molecular formula is C34H30N5+3. The van der Waals surface area contributed by atoms with Crippen LogP contribution in [0.3, 0.4) is 0 Å². The lowest BCUT2D eigenvalue weighted by molar-refractivity contribution is -0.688. The Labute approximate surface area is 229 Å². The molecule has 0 fully saturated rings. The topological polar surface area (TPSA) is 37.4 Å². The summed E-state index contributed by atoms with van der Waals surface area (Å²) in [6, 6.07) is 30.1. The van der Waals surface area contributed by atoms with Crippen molar-refractivity contribution in [2.24, 2.45) is 0 Å². The average Bonchev–Trinajstić information content (AvgIpc) is 3.00. The largest absolute Gasteiger partial charge is 0.265 e. The Morgan fingerprint density at radius 1 is 0.333 bits per heavy atom. The summed E-state index contributed by atoms with van der Waals surface area (Å²) in [7, 11) is 0. The van der Waals surface area contributed by atoms with Crippen molar-refractivity contribution in [2.75, 3.05) is 0 Å². The fraction of sp³-hybridized carbons (Fsp3) is 0.0882. The average molecular weight is 509 g/mol.